The van der Waals surface area contributed by atoms with Gasteiger partial charge in [-0.25, -0.2) is 0 Å². The van der Waals surface area contributed by atoms with Crippen LogP contribution in [-0.4, -0.2) is 28.0 Å². The normalized spacial score (nSPS) is 18.1. The quantitative estimate of drug-likeness (QED) is 0.783. The summed E-state index contributed by atoms with van der Waals surface area (Å²) in [6.45, 7) is 0. The highest BCUT2D eigenvalue weighted by Gasteiger charge is 2.16. The molecule has 18 heavy (non-hydrogen) atoms. The summed E-state index contributed by atoms with van der Waals surface area (Å²) < 4.78 is 0. The molecule has 1 saturated carbocycles. The van der Waals surface area contributed by atoms with Gasteiger partial charge in [0, 0.05) is 26.7 Å². The maximum Gasteiger partial charge on any atom is 0.0724 e. The Bertz CT molecular complexity index is 367. The molecule has 0 saturated heterocycles. The van der Waals surface area contributed by atoms with Crippen molar-refractivity contribution in [3.63, 3.8) is 0 Å². The van der Waals surface area contributed by atoms with Crippen molar-refractivity contribution < 1.29 is 5.11 Å². The molecule has 4 heteroatoms. The third-order valence-corrected chi connectivity index (χ3v) is 5.96. The number of rotatable bonds is 6. The average Bonchev–Trinajstić information content (AvgIpc) is 2.87. The minimum Gasteiger partial charge on any atom is -0.391 e. The van der Waals surface area contributed by atoms with Gasteiger partial charge >= 0.3 is 0 Å². The third-order valence-electron chi connectivity index (χ3n) is 3.06. The number of benzene rings is 1. The molecule has 1 aromatic rings. The number of hydrogen-bond acceptors (Lipinski definition) is 3. The van der Waals surface area contributed by atoms with E-state index in [0.29, 0.717) is 0 Å². The van der Waals surface area contributed by atoms with E-state index in [0.717, 1.165) is 26.7 Å². The first-order valence-electron chi connectivity index (χ1n) is 6.42. The zero-order valence-electron chi connectivity index (χ0n) is 10.3. The second kappa shape index (κ2) is 7.68. The highest BCUT2D eigenvalue weighted by Crippen LogP contribution is 2.30. The fourth-order valence-electron chi connectivity index (χ4n) is 2.10. The molecule has 0 bridgehead atoms. The van der Waals surface area contributed by atoms with E-state index < -0.39 is 0 Å². The molecular weight excluding hydrogens is 284 g/mol. The average molecular weight is 303 g/mol. The van der Waals surface area contributed by atoms with Gasteiger partial charge in [0.05, 0.1) is 6.10 Å². The topological polar surface area (TPSA) is 20.2 Å². The van der Waals surface area contributed by atoms with E-state index in [1.807, 2.05) is 36.0 Å². The Hall–Kier alpha value is 0.170. The number of halogens is 1. The Kier molecular flexibility index (Phi) is 6.22. The standard InChI is InChI=1S/C14H19ClOS2/c15-11-4-3-7-14(8-11)18-10-12(16)9-17-13-5-1-2-6-13/h3-4,7-8,12-13,16H,1-2,5-6,9-10H2. The van der Waals surface area contributed by atoms with Crippen LogP contribution in [0.4, 0.5) is 0 Å². The van der Waals surface area contributed by atoms with E-state index >= 15 is 0 Å². The zero-order valence-corrected chi connectivity index (χ0v) is 12.7. The first kappa shape index (κ1) is 14.6. The van der Waals surface area contributed by atoms with E-state index in [4.69, 9.17) is 11.6 Å². The summed E-state index contributed by atoms with van der Waals surface area (Å²) in [6, 6.07) is 7.80. The fourth-order valence-corrected chi connectivity index (χ4v) is 4.67. The van der Waals surface area contributed by atoms with Crippen LogP contribution in [0.25, 0.3) is 0 Å². The summed E-state index contributed by atoms with van der Waals surface area (Å²) in [4.78, 5) is 1.13. The van der Waals surface area contributed by atoms with Crippen molar-refractivity contribution in [3.8, 4) is 0 Å². The van der Waals surface area contributed by atoms with E-state index in [9.17, 15) is 5.11 Å². The largest absolute Gasteiger partial charge is 0.391 e. The van der Waals surface area contributed by atoms with Gasteiger partial charge in [0.15, 0.2) is 0 Å². The van der Waals surface area contributed by atoms with Gasteiger partial charge in [0.2, 0.25) is 0 Å². The summed E-state index contributed by atoms with van der Waals surface area (Å²) in [5.74, 6) is 1.61. The molecule has 1 atom stereocenters. The molecule has 0 heterocycles. The molecule has 0 amide bonds. The van der Waals surface area contributed by atoms with Crippen LogP contribution >= 0.6 is 35.1 Å². The molecule has 0 aromatic heterocycles. The van der Waals surface area contributed by atoms with Crippen LogP contribution in [0.5, 0.6) is 0 Å². The van der Waals surface area contributed by atoms with Crippen molar-refractivity contribution >= 4 is 35.1 Å². The molecule has 1 nitrogen and oxygen atoms in total. The Balaban J connectivity index is 1.66. The molecule has 1 aliphatic rings. The van der Waals surface area contributed by atoms with Crippen LogP contribution in [-0.2, 0) is 0 Å². The number of aliphatic hydroxyl groups is 1. The predicted octanol–water partition coefficient (Wildman–Crippen LogP) is 4.47. The van der Waals surface area contributed by atoms with E-state index in [2.05, 4.69) is 0 Å². The van der Waals surface area contributed by atoms with Gasteiger partial charge in [-0.3, -0.25) is 0 Å². The van der Waals surface area contributed by atoms with Crippen molar-refractivity contribution in [1.82, 2.24) is 0 Å². The molecule has 100 valence electrons. The van der Waals surface area contributed by atoms with Gasteiger partial charge in [-0.2, -0.15) is 11.8 Å². The van der Waals surface area contributed by atoms with Crippen molar-refractivity contribution in [2.24, 2.45) is 0 Å². The highest BCUT2D eigenvalue weighted by molar-refractivity contribution is 8.00. The third kappa shape index (κ3) is 5.04. The van der Waals surface area contributed by atoms with E-state index in [-0.39, 0.29) is 6.10 Å². The smallest absolute Gasteiger partial charge is 0.0724 e. The van der Waals surface area contributed by atoms with Gasteiger partial charge < -0.3 is 5.11 Å². The molecule has 1 fully saturated rings. The van der Waals surface area contributed by atoms with Crippen molar-refractivity contribution in [3.05, 3.63) is 29.3 Å². The van der Waals surface area contributed by atoms with Gasteiger partial charge in [0.1, 0.15) is 0 Å². The predicted molar refractivity (Wildman–Crippen MR) is 82.9 cm³/mol. The molecule has 1 unspecified atom stereocenters. The Morgan fingerprint density at radius 1 is 1.28 bits per heavy atom. The maximum absolute atomic E-state index is 9.97. The van der Waals surface area contributed by atoms with Crippen LogP contribution in [0.3, 0.4) is 0 Å². The monoisotopic (exact) mass is 302 g/mol. The van der Waals surface area contributed by atoms with Crippen LogP contribution in [0.15, 0.2) is 29.2 Å². The Morgan fingerprint density at radius 2 is 2.06 bits per heavy atom. The maximum atomic E-state index is 9.97. The first-order valence-corrected chi connectivity index (χ1v) is 8.83. The Labute approximate surface area is 123 Å². The van der Waals surface area contributed by atoms with E-state index in [1.165, 1.54) is 25.7 Å². The lowest BCUT2D eigenvalue weighted by atomic mass is 10.4. The minimum absolute atomic E-state index is 0.223. The number of aliphatic hydroxyl groups excluding tert-OH is 1. The van der Waals surface area contributed by atoms with Gasteiger partial charge in [0.25, 0.3) is 0 Å². The fraction of sp³-hybridized carbons (Fsp3) is 0.571. The van der Waals surface area contributed by atoms with Gasteiger partial charge in [-0.15, -0.1) is 11.8 Å². The summed E-state index contributed by atoms with van der Waals surface area (Å²) in [7, 11) is 0. The second-order valence-electron chi connectivity index (χ2n) is 4.66. The lowest BCUT2D eigenvalue weighted by Crippen LogP contribution is -2.15. The van der Waals surface area contributed by atoms with Crippen molar-refractivity contribution in [2.75, 3.05) is 11.5 Å². The van der Waals surface area contributed by atoms with Crippen molar-refractivity contribution in [2.45, 2.75) is 41.9 Å². The molecular formula is C14H19ClOS2. The summed E-state index contributed by atoms with van der Waals surface area (Å²) in [5.41, 5.74) is 0. The first-order chi connectivity index (χ1) is 8.74. The van der Waals surface area contributed by atoms with Crippen molar-refractivity contribution in [1.29, 1.82) is 0 Å². The zero-order chi connectivity index (χ0) is 12.8. The van der Waals surface area contributed by atoms with E-state index in [1.54, 1.807) is 11.8 Å². The minimum atomic E-state index is -0.223. The van der Waals surface area contributed by atoms with Crippen LogP contribution in [0, 0.1) is 0 Å². The highest BCUT2D eigenvalue weighted by atomic mass is 35.5. The van der Waals surface area contributed by atoms with Crippen LogP contribution in [0.2, 0.25) is 5.02 Å². The number of hydrogen-bond donors (Lipinski definition) is 1. The lowest BCUT2D eigenvalue weighted by molar-refractivity contribution is 0.225. The van der Waals surface area contributed by atoms with Gasteiger partial charge in [-0.1, -0.05) is 30.5 Å². The summed E-state index contributed by atoms with van der Waals surface area (Å²) >= 11 is 9.55. The van der Waals surface area contributed by atoms with Crippen LogP contribution < -0.4 is 0 Å². The lowest BCUT2D eigenvalue weighted by Gasteiger charge is -2.13. The SMILES string of the molecule is OC(CSc1cccc(Cl)c1)CSC1CCCC1. The number of thioether (sulfide) groups is 2. The van der Waals surface area contributed by atoms with Gasteiger partial charge in [-0.05, 0) is 31.0 Å². The molecule has 0 radical (unpaired) electrons. The summed E-state index contributed by atoms with van der Waals surface area (Å²) in [6.07, 6.45) is 5.17. The molecule has 1 aliphatic carbocycles. The summed E-state index contributed by atoms with van der Waals surface area (Å²) in [5, 5.41) is 11.5. The second-order valence-corrected chi connectivity index (χ2v) is 7.53. The molecule has 1 aromatic carbocycles. The molecule has 1 N–H and O–H groups in total. The van der Waals surface area contributed by atoms with Crippen LogP contribution in [0.1, 0.15) is 25.7 Å². The molecule has 0 aliphatic heterocycles. The molecule has 2 rings (SSSR count). The Morgan fingerprint density at radius 3 is 2.78 bits per heavy atom. The molecule has 0 spiro atoms.